The normalized spacial score (nSPS) is 16.2. The van der Waals surface area contributed by atoms with E-state index in [1.807, 2.05) is 7.05 Å². The summed E-state index contributed by atoms with van der Waals surface area (Å²) in [5.74, 6) is -0.268. The van der Waals surface area contributed by atoms with Gasteiger partial charge >= 0.3 is 0 Å². The molecule has 4 nitrogen and oxygen atoms in total. The third kappa shape index (κ3) is 2.64. The monoisotopic (exact) mass is 247 g/mol. The average molecular weight is 247 g/mol. The van der Waals surface area contributed by atoms with Gasteiger partial charge in [-0.2, -0.15) is 0 Å². The minimum Gasteiger partial charge on any atom is -0.368 e. The molecule has 1 atom stereocenters. The molecular weight excluding hydrogens is 226 g/mol. The van der Waals surface area contributed by atoms with E-state index in [-0.39, 0.29) is 5.91 Å². The molecule has 0 spiro atoms. The van der Waals surface area contributed by atoms with Crippen molar-refractivity contribution in [3.63, 3.8) is 0 Å². The van der Waals surface area contributed by atoms with Crippen LogP contribution in [0.25, 0.3) is 0 Å². The smallest absolute Gasteiger partial charge is 0.236 e. The summed E-state index contributed by atoms with van der Waals surface area (Å²) >= 11 is 0. The van der Waals surface area contributed by atoms with Crippen LogP contribution in [-0.4, -0.2) is 26.0 Å². The van der Waals surface area contributed by atoms with Crippen molar-refractivity contribution in [2.75, 3.05) is 25.0 Å². The van der Waals surface area contributed by atoms with Crippen molar-refractivity contribution >= 4 is 11.6 Å². The molecule has 0 bridgehead atoms. The highest BCUT2D eigenvalue weighted by molar-refractivity contribution is 5.80. The third-order valence-corrected chi connectivity index (χ3v) is 3.60. The van der Waals surface area contributed by atoms with Crippen LogP contribution in [0.3, 0.4) is 0 Å². The van der Waals surface area contributed by atoms with Gasteiger partial charge in [0.2, 0.25) is 5.91 Å². The first-order chi connectivity index (χ1) is 8.61. The molecule has 1 heterocycles. The summed E-state index contributed by atoms with van der Waals surface area (Å²) in [7, 11) is 1.96. The molecule has 0 aromatic heterocycles. The number of nitrogens with two attached hydrogens (primary N) is 1. The molecule has 1 aromatic carbocycles. The van der Waals surface area contributed by atoms with Gasteiger partial charge in [0.15, 0.2) is 0 Å². The molecule has 2 rings (SSSR count). The molecular formula is C14H21N3O. The lowest BCUT2D eigenvalue weighted by atomic mass is 9.97. The van der Waals surface area contributed by atoms with Gasteiger partial charge in [-0.05, 0) is 44.0 Å². The Kier molecular flexibility index (Phi) is 3.87. The van der Waals surface area contributed by atoms with Crippen molar-refractivity contribution in [2.24, 2.45) is 5.73 Å². The number of primary amides is 1. The molecule has 0 aliphatic carbocycles. The summed E-state index contributed by atoms with van der Waals surface area (Å²) in [4.78, 5) is 13.1. The van der Waals surface area contributed by atoms with Gasteiger partial charge in [0, 0.05) is 18.3 Å². The predicted octanol–water partition coefficient (Wildman–Crippen LogP) is 1.20. The van der Waals surface area contributed by atoms with Crippen molar-refractivity contribution in [1.82, 2.24) is 5.32 Å². The van der Waals surface area contributed by atoms with Crippen LogP contribution in [0.1, 0.15) is 30.5 Å². The maximum absolute atomic E-state index is 11.1. The first-order valence-corrected chi connectivity index (χ1v) is 6.45. The second-order valence-electron chi connectivity index (χ2n) is 4.89. The lowest BCUT2D eigenvalue weighted by Gasteiger charge is -2.31. The summed E-state index contributed by atoms with van der Waals surface area (Å²) in [6, 6.07) is 6.82. The highest BCUT2D eigenvalue weighted by Crippen LogP contribution is 2.29. The van der Waals surface area contributed by atoms with Crippen LogP contribution in [0.2, 0.25) is 0 Å². The number of nitrogens with zero attached hydrogens (tertiary/aromatic N) is 1. The van der Waals surface area contributed by atoms with Crippen LogP contribution in [0.15, 0.2) is 18.2 Å². The first kappa shape index (κ1) is 12.9. The molecule has 1 unspecified atom stereocenters. The summed E-state index contributed by atoms with van der Waals surface area (Å²) in [5, 5.41) is 3.24. The number of rotatable bonds is 4. The predicted molar refractivity (Wildman–Crippen MR) is 73.6 cm³/mol. The molecule has 1 aromatic rings. The molecule has 1 amide bonds. The third-order valence-electron chi connectivity index (χ3n) is 3.60. The topological polar surface area (TPSA) is 58.4 Å². The maximum atomic E-state index is 11.1. The Morgan fingerprint density at radius 1 is 1.56 bits per heavy atom. The van der Waals surface area contributed by atoms with E-state index in [9.17, 15) is 4.79 Å². The van der Waals surface area contributed by atoms with Crippen LogP contribution in [0.4, 0.5) is 5.69 Å². The first-order valence-electron chi connectivity index (χ1n) is 6.45. The van der Waals surface area contributed by atoms with E-state index in [4.69, 9.17) is 5.73 Å². The van der Waals surface area contributed by atoms with Crippen LogP contribution >= 0.6 is 0 Å². The van der Waals surface area contributed by atoms with Crippen LogP contribution in [-0.2, 0) is 11.2 Å². The maximum Gasteiger partial charge on any atom is 0.236 e. The van der Waals surface area contributed by atoms with Crippen molar-refractivity contribution < 1.29 is 4.79 Å². The molecule has 3 N–H and O–H groups in total. The standard InChI is InChI=1S/C14H21N3O/c1-10(16-2)11-5-6-13-12(8-11)4-3-7-17(13)9-14(15)18/h5-6,8,10,16H,3-4,7,9H2,1-2H3,(H2,15,18). The fourth-order valence-corrected chi connectivity index (χ4v) is 2.48. The van der Waals surface area contributed by atoms with E-state index >= 15 is 0 Å². The van der Waals surface area contributed by atoms with Crippen molar-refractivity contribution in [2.45, 2.75) is 25.8 Å². The highest BCUT2D eigenvalue weighted by atomic mass is 16.1. The molecule has 1 aliphatic heterocycles. The fraction of sp³-hybridized carbons (Fsp3) is 0.500. The average Bonchev–Trinajstić information content (AvgIpc) is 2.37. The summed E-state index contributed by atoms with van der Waals surface area (Å²) in [5.41, 5.74) is 9.06. The van der Waals surface area contributed by atoms with E-state index in [2.05, 4.69) is 35.3 Å². The number of aryl methyl sites for hydroxylation is 1. The Morgan fingerprint density at radius 3 is 3.00 bits per heavy atom. The Hall–Kier alpha value is -1.55. The molecule has 0 saturated carbocycles. The van der Waals surface area contributed by atoms with E-state index in [0.717, 1.165) is 25.1 Å². The molecule has 18 heavy (non-hydrogen) atoms. The van der Waals surface area contributed by atoms with Gasteiger partial charge in [0.1, 0.15) is 0 Å². The Bertz CT molecular complexity index is 445. The highest BCUT2D eigenvalue weighted by Gasteiger charge is 2.19. The molecule has 0 saturated heterocycles. The molecule has 1 aliphatic rings. The van der Waals surface area contributed by atoms with Crippen LogP contribution in [0.5, 0.6) is 0 Å². The van der Waals surface area contributed by atoms with Gasteiger partial charge in [0.05, 0.1) is 6.54 Å². The zero-order valence-electron chi connectivity index (χ0n) is 11.1. The van der Waals surface area contributed by atoms with Crippen LogP contribution < -0.4 is 16.0 Å². The minimum atomic E-state index is -0.268. The molecule has 0 fully saturated rings. The Balaban J connectivity index is 2.27. The second-order valence-corrected chi connectivity index (χ2v) is 4.89. The number of carbonyl (C=O) groups excluding carboxylic acids is 1. The summed E-state index contributed by atoms with van der Waals surface area (Å²) < 4.78 is 0. The number of amides is 1. The van der Waals surface area contributed by atoms with Gasteiger partial charge < -0.3 is 16.0 Å². The molecule has 0 radical (unpaired) electrons. The summed E-state index contributed by atoms with van der Waals surface area (Å²) in [6.45, 7) is 3.37. The zero-order valence-corrected chi connectivity index (χ0v) is 11.1. The van der Waals surface area contributed by atoms with Gasteiger partial charge in [-0.1, -0.05) is 12.1 Å². The number of hydrogen-bond donors (Lipinski definition) is 2. The van der Waals surface area contributed by atoms with Gasteiger partial charge in [0.25, 0.3) is 0 Å². The number of benzene rings is 1. The van der Waals surface area contributed by atoms with Crippen LogP contribution in [0, 0.1) is 0 Å². The quantitative estimate of drug-likeness (QED) is 0.840. The SMILES string of the molecule is CNC(C)c1ccc2c(c1)CCCN2CC(N)=O. The minimum absolute atomic E-state index is 0.268. The number of fused-ring (bicyclic) bond motifs is 1. The van der Waals surface area contributed by atoms with Crippen molar-refractivity contribution in [3.05, 3.63) is 29.3 Å². The Morgan fingerprint density at radius 2 is 2.33 bits per heavy atom. The van der Waals surface area contributed by atoms with E-state index in [0.29, 0.717) is 12.6 Å². The number of nitrogens with one attached hydrogen (secondary N) is 1. The van der Waals surface area contributed by atoms with E-state index < -0.39 is 0 Å². The van der Waals surface area contributed by atoms with E-state index in [1.54, 1.807) is 0 Å². The second kappa shape index (κ2) is 5.40. The molecule has 98 valence electrons. The zero-order chi connectivity index (χ0) is 13.1. The van der Waals surface area contributed by atoms with Gasteiger partial charge in [-0.25, -0.2) is 0 Å². The number of anilines is 1. The van der Waals surface area contributed by atoms with Gasteiger partial charge in [-0.15, -0.1) is 0 Å². The lowest BCUT2D eigenvalue weighted by molar-refractivity contribution is -0.116. The van der Waals surface area contributed by atoms with Crippen molar-refractivity contribution in [3.8, 4) is 0 Å². The number of hydrogen-bond acceptors (Lipinski definition) is 3. The summed E-state index contributed by atoms with van der Waals surface area (Å²) in [6.07, 6.45) is 2.16. The van der Waals surface area contributed by atoms with Gasteiger partial charge in [-0.3, -0.25) is 4.79 Å². The fourth-order valence-electron chi connectivity index (χ4n) is 2.48. The van der Waals surface area contributed by atoms with E-state index in [1.165, 1.54) is 11.1 Å². The van der Waals surface area contributed by atoms with Crippen molar-refractivity contribution in [1.29, 1.82) is 0 Å². The Labute approximate surface area is 108 Å². The molecule has 4 heteroatoms. The lowest BCUT2D eigenvalue weighted by Crippen LogP contribution is -2.37. The number of carbonyl (C=O) groups is 1. The largest absolute Gasteiger partial charge is 0.368 e.